The van der Waals surface area contributed by atoms with Crippen LogP contribution in [0.5, 0.6) is 5.75 Å². The number of ether oxygens (including phenoxy) is 1. The average Bonchev–Trinajstić information content (AvgIpc) is 2.16. The number of nitrogens with one attached hydrogen (secondary N) is 1. The minimum Gasteiger partial charge on any atom is -0.489 e. The van der Waals surface area contributed by atoms with Gasteiger partial charge in [0.25, 0.3) is 0 Å². The third-order valence-corrected chi connectivity index (χ3v) is 1.53. The van der Waals surface area contributed by atoms with Gasteiger partial charge in [-0.2, -0.15) is 0 Å². The zero-order valence-electron chi connectivity index (χ0n) is 7.32. The van der Waals surface area contributed by atoms with Crippen LogP contribution in [0, 0.1) is 0 Å². The molecule has 0 spiro atoms. The van der Waals surface area contributed by atoms with E-state index in [9.17, 15) is 0 Å². The Hall–Kier alpha value is -1.16. The minimum absolute atomic E-state index is 0.338. The summed E-state index contributed by atoms with van der Waals surface area (Å²) in [7, 11) is 1.90. The Morgan fingerprint density at radius 3 is 2.75 bits per heavy atom. The molecule has 1 N–H and O–H groups in total. The van der Waals surface area contributed by atoms with Crippen LogP contribution in [0.1, 0.15) is 6.92 Å². The van der Waals surface area contributed by atoms with Crippen molar-refractivity contribution in [3.05, 3.63) is 18.7 Å². The molecule has 0 aliphatic heterocycles. The van der Waals surface area contributed by atoms with E-state index in [4.69, 9.17) is 4.74 Å². The molecule has 0 aliphatic rings. The summed E-state index contributed by atoms with van der Waals surface area (Å²) >= 11 is 0. The van der Waals surface area contributed by atoms with Crippen LogP contribution < -0.4 is 10.1 Å². The topological polar surface area (TPSA) is 47.0 Å². The Balaban J connectivity index is 2.33. The smallest absolute Gasteiger partial charge is 0.155 e. The van der Waals surface area contributed by atoms with E-state index in [0.717, 1.165) is 0 Å². The predicted octanol–water partition coefficient (Wildman–Crippen LogP) is 0.463. The maximum atomic E-state index is 5.37. The molecule has 0 aliphatic carbocycles. The SMILES string of the molecule is CN[C@H](C)COc1cncnc1. The Labute approximate surface area is 72.0 Å². The fourth-order valence-electron chi connectivity index (χ4n) is 0.665. The van der Waals surface area contributed by atoms with E-state index in [1.165, 1.54) is 6.33 Å². The monoisotopic (exact) mass is 167 g/mol. The summed E-state index contributed by atoms with van der Waals surface area (Å²) in [6.45, 7) is 2.67. The number of aromatic nitrogens is 2. The fourth-order valence-corrected chi connectivity index (χ4v) is 0.665. The highest BCUT2D eigenvalue weighted by Gasteiger charge is 1.98. The first-order valence-electron chi connectivity index (χ1n) is 3.88. The lowest BCUT2D eigenvalue weighted by Crippen LogP contribution is -2.28. The van der Waals surface area contributed by atoms with Gasteiger partial charge in [0.05, 0.1) is 12.4 Å². The van der Waals surface area contributed by atoms with Crippen LogP contribution in [0.4, 0.5) is 0 Å². The number of nitrogens with zero attached hydrogens (tertiary/aromatic N) is 2. The van der Waals surface area contributed by atoms with Crippen LogP contribution in [-0.2, 0) is 0 Å². The summed E-state index contributed by atoms with van der Waals surface area (Å²) in [6.07, 6.45) is 4.78. The van der Waals surface area contributed by atoms with Gasteiger partial charge >= 0.3 is 0 Å². The van der Waals surface area contributed by atoms with Gasteiger partial charge in [-0.3, -0.25) is 0 Å². The van der Waals surface area contributed by atoms with E-state index in [0.29, 0.717) is 18.4 Å². The second-order valence-electron chi connectivity index (χ2n) is 2.57. The van der Waals surface area contributed by atoms with Crippen molar-refractivity contribution in [3.8, 4) is 5.75 Å². The van der Waals surface area contributed by atoms with Crippen LogP contribution in [0.15, 0.2) is 18.7 Å². The molecule has 0 saturated heterocycles. The highest BCUT2D eigenvalue weighted by Crippen LogP contribution is 2.03. The van der Waals surface area contributed by atoms with Crippen molar-refractivity contribution in [2.24, 2.45) is 0 Å². The lowest BCUT2D eigenvalue weighted by Gasteiger charge is -2.10. The number of rotatable bonds is 4. The normalized spacial score (nSPS) is 12.5. The number of hydrogen-bond donors (Lipinski definition) is 1. The van der Waals surface area contributed by atoms with Gasteiger partial charge < -0.3 is 10.1 Å². The zero-order valence-corrected chi connectivity index (χ0v) is 7.32. The predicted molar refractivity (Wildman–Crippen MR) is 46.0 cm³/mol. The molecule has 0 radical (unpaired) electrons. The first-order chi connectivity index (χ1) is 5.83. The van der Waals surface area contributed by atoms with E-state index in [1.807, 2.05) is 14.0 Å². The van der Waals surface area contributed by atoms with Crippen LogP contribution in [0.3, 0.4) is 0 Å². The van der Waals surface area contributed by atoms with Crippen molar-refractivity contribution in [1.82, 2.24) is 15.3 Å². The molecule has 1 atom stereocenters. The van der Waals surface area contributed by atoms with Gasteiger partial charge in [0.2, 0.25) is 0 Å². The molecule has 66 valence electrons. The van der Waals surface area contributed by atoms with Crippen molar-refractivity contribution < 1.29 is 4.74 Å². The molecule has 1 aromatic heterocycles. The second-order valence-corrected chi connectivity index (χ2v) is 2.57. The van der Waals surface area contributed by atoms with Crippen molar-refractivity contribution in [1.29, 1.82) is 0 Å². The van der Waals surface area contributed by atoms with Crippen molar-refractivity contribution >= 4 is 0 Å². The Morgan fingerprint density at radius 1 is 1.50 bits per heavy atom. The lowest BCUT2D eigenvalue weighted by atomic mass is 10.4. The van der Waals surface area contributed by atoms with E-state index in [-0.39, 0.29) is 0 Å². The van der Waals surface area contributed by atoms with E-state index in [1.54, 1.807) is 12.4 Å². The second kappa shape index (κ2) is 4.66. The summed E-state index contributed by atoms with van der Waals surface area (Å²) in [4.78, 5) is 7.66. The van der Waals surface area contributed by atoms with E-state index in [2.05, 4.69) is 15.3 Å². The highest BCUT2D eigenvalue weighted by atomic mass is 16.5. The van der Waals surface area contributed by atoms with Crippen LogP contribution in [0.2, 0.25) is 0 Å². The molecule has 12 heavy (non-hydrogen) atoms. The molecule has 0 unspecified atom stereocenters. The van der Waals surface area contributed by atoms with Crippen molar-refractivity contribution in [2.75, 3.05) is 13.7 Å². The summed E-state index contributed by atoms with van der Waals surface area (Å²) < 4.78 is 5.37. The first-order valence-corrected chi connectivity index (χ1v) is 3.88. The Bertz CT molecular complexity index is 215. The largest absolute Gasteiger partial charge is 0.489 e. The van der Waals surface area contributed by atoms with Crippen LogP contribution in [-0.4, -0.2) is 29.7 Å². The summed E-state index contributed by atoms with van der Waals surface area (Å²) in [5.41, 5.74) is 0. The van der Waals surface area contributed by atoms with Gasteiger partial charge in [-0.15, -0.1) is 0 Å². The van der Waals surface area contributed by atoms with E-state index < -0.39 is 0 Å². The molecule has 0 saturated carbocycles. The minimum atomic E-state index is 0.338. The van der Waals surface area contributed by atoms with Gasteiger partial charge in [-0.25, -0.2) is 9.97 Å². The maximum Gasteiger partial charge on any atom is 0.155 e. The van der Waals surface area contributed by atoms with E-state index >= 15 is 0 Å². The summed E-state index contributed by atoms with van der Waals surface area (Å²) in [6, 6.07) is 0.338. The standard InChI is InChI=1S/C8H13N3O/c1-7(9-2)5-12-8-3-10-6-11-4-8/h3-4,6-7,9H,5H2,1-2H3/t7-/m1/s1. The van der Waals surface area contributed by atoms with Gasteiger partial charge in [0, 0.05) is 6.04 Å². The summed E-state index contributed by atoms with van der Waals surface area (Å²) in [5.74, 6) is 0.708. The molecule has 0 amide bonds. The van der Waals surface area contributed by atoms with Gasteiger partial charge in [-0.1, -0.05) is 0 Å². The Kier molecular flexibility index (Phi) is 3.47. The molecule has 4 nitrogen and oxygen atoms in total. The van der Waals surface area contributed by atoms with Crippen LogP contribution >= 0.6 is 0 Å². The third kappa shape index (κ3) is 2.84. The highest BCUT2D eigenvalue weighted by molar-refractivity contribution is 5.09. The fraction of sp³-hybridized carbons (Fsp3) is 0.500. The third-order valence-electron chi connectivity index (χ3n) is 1.53. The average molecular weight is 167 g/mol. The molecular formula is C8H13N3O. The lowest BCUT2D eigenvalue weighted by molar-refractivity contribution is 0.278. The van der Waals surface area contributed by atoms with Gasteiger partial charge in [0.1, 0.15) is 12.9 Å². The molecule has 0 fully saturated rings. The molecular weight excluding hydrogens is 154 g/mol. The van der Waals surface area contributed by atoms with Gasteiger partial charge in [0.15, 0.2) is 5.75 Å². The molecule has 0 aromatic carbocycles. The number of hydrogen-bond acceptors (Lipinski definition) is 4. The molecule has 1 rings (SSSR count). The van der Waals surface area contributed by atoms with Crippen molar-refractivity contribution in [3.63, 3.8) is 0 Å². The maximum absolute atomic E-state index is 5.37. The van der Waals surface area contributed by atoms with Crippen LogP contribution in [0.25, 0.3) is 0 Å². The molecule has 0 bridgehead atoms. The quantitative estimate of drug-likeness (QED) is 0.707. The number of likely N-dealkylation sites (N-methyl/N-ethyl adjacent to an activating group) is 1. The molecule has 1 aromatic rings. The van der Waals surface area contributed by atoms with Gasteiger partial charge in [-0.05, 0) is 14.0 Å². The first kappa shape index (κ1) is 8.93. The molecule has 1 heterocycles. The zero-order chi connectivity index (χ0) is 8.81. The Morgan fingerprint density at radius 2 is 2.17 bits per heavy atom. The van der Waals surface area contributed by atoms with Crippen molar-refractivity contribution in [2.45, 2.75) is 13.0 Å². The summed E-state index contributed by atoms with van der Waals surface area (Å²) in [5, 5.41) is 3.07. The molecule has 4 heteroatoms.